The zero-order valence-corrected chi connectivity index (χ0v) is 17.4. The standard InChI is InChI=1S/C23H30F2N2O2/c1-16-17(2)23(29-3)7-5-19(16)14-27-10-9-26(15-20(27)8-11-28)13-18-4-6-21(24)22(25)12-18/h4-7,12,20,28H,8-11,13-15H2,1-3H3/t20-/m0/s1. The lowest BCUT2D eigenvalue weighted by atomic mass is 10.00. The van der Waals surface area contributed by atoms with Crippen LogP contribution >= 0.6 is 0 Å². The second-order valence-electron chi connectivity index (χ2n) is 7.80. The third kappa shape index (κ3) is 5.13. The van der Waals surface area contributed by atoms with Crippen LogP contribution in [0.1, 0.15) is 28.7 Å². The van der Waals surface area contributed by atoms with E-state index in [0.717, 1.165) is 43.1 Å². The van der Waals surface area contributed by atoms with Gasteiger partial charge in [0.25, 0.3) is 0 Å². The average molecular weight is 405 g/mol. The second-order valence-corrected chi connectivity index (χ2v) is 7.80. The van der Waals surface area contributed by atoms with Gasteiger partial charge in [0, 0.05) is 45.4 Å². The van der Waals surface area contributed by atoms with E-state index in [-0.39, 0.29) is 12.6 Å². The number of benzene rings is 2. The van der Waals surface area contributed by atoms with E-state index in [1.807, 2.05) is 6.07 Å². The number of aliphatic hydroxyl groups excluding tert-OH is 1. The molecule has 3 rings (SSSR count). The number of rotatable bonds is 7. The van der Waals surface area contributed by atoms with Gasteiger partial charge in [-0.2, -0.15) is 0 Å². The lowest BCUT2D eigenvalue weighted by Gasteiger charge is -2.41. The lowest BCUT2D eigenvalue weighted by Crippen LogP contribution is -2.52. The minimum absolute atomic E-state index is 0.126. The molecule has 158 valence electrons. The second kappa shape index (κ2) is 9.65. The molecule has 1 saturated heterocycles. The molecule has 29 heavy (non-hydrogen) atoms. The van der Waals surface area contributed by atoms with Crippen molar-refractivity contribution in [1.29, 1.82) is 0 Å². The zero-order chi connectivity index (χ0) is 21.0. The normalized spacial score (nSPS) is 18.2. The number of nitrogens with zero attached hydrogens (tertiary/aromatic N) is 2. The van der Waals surface area contributed by atoms with E-state index in [2.05, 4.69) is 29.7 Å². The summed E-state index contributed by atoms with van der Waals surface area (Å²) in [5.41, 5.74) is 4.42. The Morgan fingerprint density at radius 1 is 1.03 bits per heavy atom. The van der Waals surface area contributed by atoms with Crippen LogP contribution in [0.4, 0.5) is 8.78 Å². The van der Waals surface area contributed by atoms with E-state index in [4.69, 9.17) is 4.74 Å². The van der Waals surface area contributed by atoms with Crippen molar-refractivity contribution in [1.82, 2.24) is 9.80 Å². The van der Waals surface area contributed by atoms with Crippen molar-refractivity contribution in [2.24, 2.45) is 0 Å². The highest BCUT2D eigenvalue weighted by atomic mass is 19.2. The smallest absolute Gasteiger partial charge is 0.159 e. The number of ether oxygens (including phenoxy) is 1. The molecule has 6 heteroatoms. The fourth-order valence-corrected chi connectivity index (χ4v) is 4.09. The molecule has 2 aromatic rings. The van der Waals surface area contributed by atoms with Gasteiger partial charge < -0.3 is 9.84 Å². The lowest BCUT2D eigenvalue weighted by molar-refractivity contribution is 0.0498. The van der Waals surface area contributed by atoms with Crippen LogP contribution in [-0.4, -0.2) is 54.3 Å². The monoisotopic (exact) mass is 404 g/mol. The molecule has 1 aliphatic rings. The van der Waals surface area contributed by atoms with Gasteiger partial charge in [-0.15, -0.1) is 0 Å². The Morgan fingerprint density at radius 2 is 1.83 bits per heavy atom. The molecule has 1 N–H and O–H groups in total. The molecule has 0 aromatic heterocycles. The fourth-order valence-electron chi connectivity index (χ4n) is 4.09. The van der Waals surface area contributed by atoms with Crippen molar-refractivity contribution < 1.29 is 18.6 Å². The van der Waals surface area contributed by atoms with Crippen molar-refractivity contribution in [3.05, 3.63) is 64.2 Å². The van der Waals surface area contributed by atoms with Crippen molar-refractivity contribution in [2.75, 3.05) is 33.4 Å². The third-order valence-corrected chi connectivity index (χ3v) is 5.98. The van der Waals surface area contributed by atoms with Crippen LogP contribution < -0.4 is 4.74 Å². The van der Waals surface area contributed by atoms with Crippen LogP contribution in [0.5, 0.6) is 5.75 Å². The first-order chi connectivity index (χ1) is 13.9. The Morgan fingerprint density at radius 3 is 2.52 bits per heavy atom. The van der Waals surface area contributed by atoms with Crippen molar-refractivity contribution in [2.45, 2.75) is 39.4 Å². The Balaban J connectivity index is 1.69. The first-order valence-electron chi connectivity index (χ1n) is 10.1. The highest BCUT2D eigenvalue weighted by Crippen LogP contribution is 2.26. The van der Waals surface area contributed by atoms with Crippen LogP contribution in [0, 0.1) is 25.5 Å². The van der Waals surface area contributed by atoms with Gasteiger partial charge in [0.15, 0.2) is 11.6 Å². The predicted octanol–water partition coefficient (Wildman–Crippen LogP) is 3.66. The first-order valence-corrected chi connectivity index (χ1v) is 10.1. The third-order valence-electron chi connectivity index (χ3n) is 5.98. The van der Waals surface area contributed by atoms with E-state index < -0.39 is 11.6 Å². The van der Waals surface area contributed by atoms with Crippen LogP contribution in [0.15, 0.2) is 30.3 Å². The summed E-state index contributed by atoms with van der Waals surface area (Å²) in [5.74, 6) is -0.727. The maximum absolute atomic E-state index is 13.5. The number of methoxy groups -OCH3 is 1. The highest BCUT2D eigenvalue weighted by molar-refractivity contribution is 5.43. The quantitative estimate of drug-likeness (QED) is 0.764. The molecular weight excluding hydrogens is 374 g/mol. The van der Waals surface area contributed by atoms with Gasteiger partial charge >= 0.3 is 0 Å². The largest absolute Gasteiger partial charge is 0.496 e. The SMILES string of the molecule is COc1ccc(CN2CCN(Cc3ccc(F)c(F)c3)C[C@@H]2CCO)c(C)c1C. The van der Waals surface area contributed by atoms with Crippen LogP contribution in [-0.2, 0) is 13.1 Å². The molecule has 0 unspecified atom stereocenters. The van der Waals surface area contributed by atoms with Gasteiger partial charge in [-0.1, -0.05) is 12.1 Å². The van der Waals surface area contributed by atoms with Crippen LogP contribution in [0.3, 0.4) is 0 Å². The Hall–Kier alpha value is -2.02. The Labute approximate surface area is 171 Å². The van der Waals surface area contributed by atoms with Crippen molar-refractivity contribution >= 4 is 0 Å². The molecule has 1 heterocycles. The molecule has 0 saturated carbocycles. The highest BCUT2D eigenvalue weighted by Gasteiger charge is 2.27. The summed E-state index contributed by atoms with van der Waals surface area (Å²) in [4.78, 5) is 4.65. The summed E-state index contributed by atoms with van der Waals surface area (Å²) in [7, 11) is 1.69. The molecular formula is C23H30F2N2O2. The molecule has 0 aliphatic carbocycles. The average Bonchev–Trinajstić information content (AvgIpc) is 2.70. The van der Waals surface area contributed by atoms with Gasteiger partial charge in [0.2, 0.25) is 0 Å². The molecule has 0 spiro atoms. The van der Waals surface area contributed by atoms with Gasteiger partial charge in [-0.3, -0.25) is 9.80 Å². The van der Waals surface area contributed by atoms with Gasteiger partial charge in [0.05, 0.1) is 7.11 Å². The molecule has 1 atom stereocenters. The number of piperazine rings is 1. The maximum Gasteiger partial charge on any atom is 0.159 e. The van der Waals surface area contributed by atoms with E-state index in [1.54, 1.807) is 13.2 Å². The number of halogens is 2. The summed E-state index contributed by atoms with van der Waals surface area (Å²) < 4.78 is 32.1. The molecule has 2 aromatic carbocycles. The fraction of sp³-hybridized carbons (Fsp3) is 0.478. The minimum Gasteiger partial charge on any atom is -0.496 e. The first kappa shape index (κ1) is 21.7. The van der Waals surface area contributed by atoms with E-state index in [0.29, 0.717) is 13.0 Å². The molecule has 0 amide bonds. The summed E-state index contributed by atoms with van der Waals surface area (Å²) in [6, 6.07) is 8.42. The summed E-state index contributed by atoms with van der Waals surface area (Å²) in [6.07, 6.45) is 0.683. The van der Waals surface area contributed by atoms with E-state index in [9.17, 15) is 13.9 Å². The molecule has 0 radical (unpaired) electrons. The number of aliphatic hydroxyl groups is 1. The molecule has 4 nitrogen and oxygen atoms in total. The van der Waals surface area contributed by atoms with Crippen LogP contribution in [0.25, 0.3) is 0 Å². The Kier molecular flexibility index (Phi) is 7.22. The van der Waals surface area contributed by atoms with E-state index in [1.165, 1.54) is 23.3 Å². The molecule has 0 bridgehead atoms. The summed E-state index contributed by atoms with van der Waals surface area (Å²) in [6.45, 7) is 8.20. The Bertz CT molecular complexity index is 844. The van der Waals surface area contributed by atoms with Crippen molar-refractivity contribution in [3.8, 4) is 5.75 Å². The van der Waals surface area contributed by atoms with Gasteiger partial charge in [0.1, 0.15) is 5.75 Å². The van der Waals surface area contributed by atoms with Gasteiger partial charge in [-0.25, -0.2) is 8.78 Å². The molecule has 1 fully saturated rings. The van der Waals surface area contributed by atoms with Crippen molar-refractivity contribution in [3.63, 3.8) is 0 Å². The zero-order valence-electron chi connectivity index (χ0n) is 17.4. The topological polar surface area (TPSA) is 35.9 Å². The minimum atomic E-state index is -0.818. The number of hydrogen-bond donors (Lipinski definition) is 1. The summed E-state index contributed by atoms with van der Waals surface area (Å²) >= 11 is 0. The predicted molar refractivity (Wildman–Crippen MR) is 110 cm³/mol. The van der Waals surface area contributed by atoms with Crippen LogP contribution in [0.2, 0.25) is 0 Å². The maximum atomic E-state index is 13.5. The van der Waals surface area contributed by atoms with E-state index >= 15 is 0 Å². The number of hydrogen-bond acceptors (Lipinski definition) is 4. The van der Waals surface area contributed by atoms with Gasteiger partial charge in [-0.05, 0) is 60.7 Å². The summed E-state index contributed by atoms with van der Waals surface area (Å²) in [5, 5.41) is 9.56. The molecule has 1 aliphatic heterocycles.